The number of H-pyrrole nitrogens is 1. The average Bonchev–Trinajstić information content (AvgIpc) is 3.44. The summed E-state index contributed by atoms with van der Waals surface area (Å²) in [6.07, 6.45) is 4.31. The fourth-order valence-electron chi connectivity index (χ4n) is 3.70. The zero-order chi connectivity index (χ0) is 21.9. The van der Waals surface area contributed by atoms with E-state index in [2.05, 4.69) is 52.5 Å². The molecule has 2 heterocycles. The Bertz CT molecular complexity index is 1290. The van der Waals surface area contributed by atoms with Crippen molar-refractivity contribution in [1.29, 1.82) is 0 Å². The Morgan fingerprint density at radius 1 is 0.906 bits per heavy atom. The number of fused-ring (bicyclic) bond motifs is 1. The van der Waals surface area contributed by atoms with Crippen molar-refractivity contribution in [2.24, 2.45) is 4.99 Å². The van der Waals surface area contributed by atoms with Crippen molar-refractivity contribution < 1.29 is 9.47 Å². The Balaban J connectivity index is 1.51. The number of para-hydroxylation sites is 1. The standard InChI is InChI=1S/C26H23N3O2S/c1-30-21-11-7-19(8-12-21)28-26-29(20-9-13-22(31-2)14-10-20)17-23(32-26)15-18-16-27-25-6-4-3-5-24(18)25/h3-16,27H,17H2,1-2H3. The number of benzene rings is 3. The first-order valence-corrected chi connectivity index (χ1v) is 11.1. The molecule has 6 heteroatoms. The van der Waals surface area contributed by atoms with E-state index in [-0.39, 0.29) is 0 Å². The molecule has 0 aliphatic carbocycles. The molecule has 3 aromatic carbocycles. The number of ether oxygens (including phenoxy) is 2. The van der Waals surface area contributed by atoms with Gasteiger partial charge in [0.05, 0.1) is 26.5 Å². The average molecular weight is 442 g/mol. The Morgan fingerprint density at radius 2 is 1.59 bits per heavy atom. The van der Waals surface area contributed by atoms with Crippen LogP contribution in [0.15, 0.2) is 88.9 Å². The summed E-state index contributed by atoms with van der Waals surface area (Å²) >= 11 is 1.70. The lowest BCUT2D eigenvalue weighted by Gasteiger charge is -2.18. The molecule has 1 N–H and O–H groups in total. The number of hydrogen-bond donors (Lipinski definition) is 1. The van der Waals surface area contributed by atoms with Crippen LogP contribution in [0.3, 0.4) is 0 Å². The van der Waals surface area contributed by atoms with E-state index in [9.17, 15) is 0 Å². The van der Waals surface area contributed by atoms with Crippen LogP contribution in [-0.4, -0.2) is 30.9 Å². The van der Waals surface area contributed by atoms with Gasteiger partial charge in [0.2, 0.25) is 0 Å². The van der Waals surface area contributed by atoms with Crippen molar-refractivity contribution in [3.63, 3.8) is 0 Å². The van der Waals surface area contributed by atoms with Crippen LogP contribution in [0.25, 0.3) is 17.0 Å². The second-order valence-corrected chi connectivity index (χ2v) is 8.47. The highest BCUT2D eigenvalue weighted by molar-refractivity contribution is 8.18. The van der Waals surface area contributed by atoms with Gasteiger partial charge in [-0.2, -0.15) is 0 Å². The highest BCUT2D eigenvalue weighted by Gasteiger charge is 2.26. The molecule has 1 aromatic heterocycles. The second-order valence-electron chi connectivity index (χ2n) is 7.38. The zero-order valence-electron chi connectivity index (χ0n) is 17.9. The SMILES string of the molecule is COc1ccc(N=C2SC(=Cc3c[nH]c4ccccc34)CN2c2ccc(OC)cc2)cc1. The number of methoxy groups -OCH3 is 2. The highest BCUT2D eigenvalue weighted by atomic mass is 32.2. The summed E-state index contributed by atoms with van der Waals surface area (Å²) in [5.74, 6) is 1.66. The Morgan fingerprint density at radius 3 is 2.31 bits per heavy atom. The first-order chi connectivity index (χ1) is 15.7. The van der Waals surface area contributed by atoms with Gasteiger partial charge in [0.15, 0.2) is 5.17 Å². The van der Waals surface area contributed by atoms with E-state index in [1.165, 1.54) is 15.9 Å². The number of aromatic nitrogens is 1. The van der Waals surface area contributed by atoms with Crippen LogP contribution >= 0.6 is 11.8 Å². The second kappa shape index (κ2) is 8.85. The first-order valence-electron chi connectivity index (χ1n) is 10.3. The molecule has 0 spiro atoms. The molecule has 1 aliphatic rings. The molecule has 0 bridgehead atoms. The third-order valence-electron chi connectivity index (χ3n) is 5.39. The third-order valence-corrected chi connectivity index (χ3v) is 6.39. The van der Waals surface area contributed by atoms with Crippen LogP contribution in [0.1, 0.15) is 5.56 Å². The van der Waals surface area contributed by atoms with E-state index >= 15 is 0 Å². The number of aliphatic imine (C=N–C) groups is 1. The van der Waals surface area contributed by atoms with Crippen LogP contribution < -0.4 is 14.4 Å². The topological polar surface area (TPSA) is 49.8 Å². The molecule has 0 saturated carbocycles. The lowest BCUT2D eigenvalue weighted by atomic mass is 10.1. The van der Waals surface area contributed by atoms with Gasteiger partial charge in [-0.05, 0) is 60.7 Å². The summed E-state index contributed by atoms with van der Waals surface area (Å²) in [6, 6.07) is 24.3. The molecular formula is C26H23N3O2S. The molecule has 1 saturated heterocycles. The minimum Gasteiger partial charge on any atom is -0.497 e. The van der Waals surface area contributed by atoms with Gasteiger partial charge in [-0.25, -0.2) is 4.99 Å². The van der Waals surface area contributed by atoms with Crippen LogP contribution in [0.4, 0.5) is 11.4 Å². The van der Waals surface area contributed by atoms with Gasteiger partial charge >= 0.3 is 0 Å². The van der Waals surface area contributed by atoms with Gasteiger partial charge in [0, 0.05) is 33.3 Å². The van der Waals surface area contributed by atoms with Gasteiger partial charge in [-0.3, -0.25) is 0 Å². The summed E-state index contributed by atoms with van der Waals surface area (Å²) in [7, 11) is 3.35. The van der Waals surface area contributed by atoms with E-state index in [1.807, 2.05) is 42.5 Å². The summed E-state index contributed by atoms with van der Waals surface area (Å²) in [5, 5.41) is 2.16. The Hall–Kier alpha value is -3.64. The minimum absolute atomic E-state index is 0.755. The van der Waals surface area contributed by atoms with Gasteiger partial charge in [-0.15, -0.1) is 0 Å². The van der Waals surface area contributed by atoms with Crippen LogP contribution in [0, 0.1) is 0 Å². The van der Waals surface area contributed by atoms with Crippen molar-refractivity contribution in [2.75, 3.05) is 25.7 Å². The summed E-state index contributed by atoms with van der Waals surface area (Å²) in [5.41, 5.74) is 4.29. The zero-order valence-corrected chi connectivity index (χ0v) is 18.7. The maximum absolute atomic E-state index is 5.33. The molecule has 1 aliphatic heterocycles. The van der Waals surface area contributed by atoms with Crippen LogP contribution in [0.5, 0.6) is 11.5 Å². The van der Waals surface area contributed by atoms with Gasteiger partial charge in [0.1, 0.15) is 11.5 Å². The first kappa shape index (κ1) is 20.3. The molecule has 0 unspecified atom stereocenters. The van der Waals surface area contributed by atoms with Gasteiger partial charge in [0.25, 0.3) is 0 Å². The molecule has 0 atom stereocenters. The molecule has 4 aromatic rings. The fourth-order valence-corrected chi connectivity index (χ4v) is 4.75. The highest BCUT2D eigenvalue weighted by Crippen LogP contribution is 2.37. The van der Waals surface area contributed by atoms with Crippen LogP contribution in [-0.2, 0) is 0 Å². The smallest absolute Gasteiger partial charge is 0.173 e. The van der Waals surface area contributed by atoms with Gasteiger partial charge < -0.3 is 19.4 Å². The molecule has 5 rings (SSSR count). The van der Waals surface area contributed by atoms with E-state index in [0.717, 1.165) is 40.1 Å². The predicted molar refractivity (Wildman–Crippen MR) is 134 cm³/mol. The summed E-state index contributed by atoms with van der Waals surface area (Å²) < 4.78 is 10.6. The molecule has 5 nitrogen and oxygen atoms in total. The number of anilines is 1. The number of hydrogen-bond acceptors (Lipinski definition) is 4. The predicted octanol–water partition coefficient (Wildman–Crippen LogP) is 6.47. The molecule has 0 radical (unpaired) electrons. The normalized spacial score (nSPS) is 16.2. The number of rotatable bonds is 5. The van der Waals surface area contributed by atoms with Crippen molar-refractivity contribution in [2.45, 2.75) is 0 Å². The molecular weight excluding hydrogens is 418 g/mol. The van der Waals surface area contributed by atoms with E-state index in [0.29, 0.717) is 0 Å². The number of thioether (sulfide) groups is 1. The maximum atomic E-state index is 5.33. The molecule has 160 valence electrons. The molecule has 0 amide bonds. The maximum Gasteiger partial charge on any atom is 0.173 e. The number of nitrogens with one attached hydrogen (secondary N) is 1. The van der Waals surface area contributed by atoms with Gasteiger partial charge in [-0.1, -0.05) is 30.0 Å². The largest absolute Gasteiger partial charge is 0.497 e. The Labute approximate surface area is 191 Å². The Kier molecular flexibility index (Phi) is 5.60. The quantitative estimate of drug-likeness (QED) is 0.386. The van der Waals surface area contributed by atoms with E-state index in [4.69, 9.17) is 14.5 Å². The minimum atomic E-state index is 0.755. The molecule has 32 heavy (non-hydrogen) atoms. The summed E-state index contributed by atoms with van der Waals surface area (Å²) in [4.78, 5) is 11.8. The number of amidine groups is 1. The lowest BCUT2D eigenvalue weighted by Crippen LogP contribution is -2.23. The summed E-state index contributed by atoms with van der Waals surface area (Å²) in [6.45, 7) is 0.755. The lowest BCUT2D eigenvalue weighted by molar-refractivity contribution is 0.415. The van der Waals surface area contributed by atoms with Crippen molar-refractivity contribution in [3.05, 3.63) is 89.5 Å². The van der Waals surface area contributed by atoms with E-state index < -0.39 is 0 Å². The molecule has 1 fully saturated rings. The van der Waals surface area contributed by atoms with Crippen molar-refractivity contribution >= 4 is 45.3 Å². The van der Waals surface area contributed by atoms with Crippen molar-refractivity contribution in [1.82, 2.24) is 4.98 Å². The number of nitrogens with zero attached hydrogens (tertiary/aromatic N) is 2. The third kappa shape index (κ3) is 4.09. The van der Waals surface area contributed by atoms with E-state index in [1.54, 1.807) is 26.0 Å². The number of aromatic amines is 1. The van der Waals surface area contributed by atoms with Crippen molar-refractivity contribution in [3.8, 4) is 11.5 Å². The monoisotopic (exact) mass is 441 g/mol. The fraction of sp³-hybridized carbons (Fsp3) is 0.115. The van der Waals surface area contributed by atoms with Crippen LogP contribution in [0.2, 0.25) is 0 Å².